The summed E-state index contributed by atoms with van der Waals surface area (Å²) in [6.07, 6.45) is 11.3. The number of benzene rings is 2. The summed E-state index contributed by atoms with van der Waals surface area (Å²) in [6, 6.07) is 13.1. The number of fused-ring (bicyclic) bond motifs is 1. The molecular formula is C28H32FNO2. The molecule has 3 nitrogen and oxygen atoms in total. The Labute approximate surface area is 190 Å². The molecule has 32 heavy (non-hydrogen) atoms. The molecule has 0 N–H and O–H groups in total. The number of carbonyl (C=O) groups is 1. The maximum absolute atomic E-state index is 15.0. The van der Waals surface area contributed by atoms with E-state index >= 15 is 4.39 Å². The summed E-state index contributed by atoms with van der Waals surface area (Å²) in [5.74, 6) is 2.11. The molecule has 2 aliphatic carbocycles. The number of carbonyl (C=O) groups excluding carboxylic acids is 1. The largest absolute Gasteiger partial charge is 0.423 e. The van der Waals surface area contributed by atoms with E-state index in [0.29, 0.717) is 17.2 Å². The second-order valence-corrected chi connectivity index (χ2v) is 9.61. The lowest BCUT2D eigenvalue weighted by Crippen LogP contribution is -2.30. The molecule has 0 bridgehead atoms. The summed E-state index contributed by atoms with van der Waals surface area (Å²) < 4.78 is 20.3. The van der Waals surface area contributed by atoms with Crippen molar-refractivity contribution in [1.29, 1.82) is 5.26 Å². The SMILES string of the molecule is CCCCC1CCC2CC(c3ccc(C(=O)Oc4ccc(C#N)cc4)cc3F)CCC2C1. The van der Waals surface area contributed by atoms with Crippen molar-refractivity contribution >= 4 is 5.97 Å². The lowest BCUT2D eigenvalue weighted by Gasteiger charge is -2.42. The van der Waals surface area contributed by atoms with Crippen molar-refractivity contribution in [2.24, 2.45) is 17.8 Å². The fraction of sp³-hybridized carbons (Fsp3) is 0.500. The van der Waals surface area contributed by atoms with Crippen LogP contribution >= 0.6 is 0 Å². The van der Waals surface area contributed by atoms with Crippen molar-refractivity contribution in [1.82, 2.24) is 0 Å². The Morgan fingerprint density at radius 1 is 1.06 bits per heavy atom. The Hall–Kier alpha value is -2.67. The van der Waals surface area contributed by atoms with Crippen LogP contribution in [0.25, 0.3) is 0 Å². The van der Waals surface area contributed by atoms with E-state index in [9.17, 15) is 4.79 Å². The van der Waals surface area contributed by atoms with Gasteiger partial charge in [-0.3, -0.25) is 0 Å². The van der Waals surface area contributed by atoms with Crippen LogP contribution in [-0.2, 0) is 0 Å². The molecule has 4 atom stereocenters. The molecule has 0 amide bonds. The standard InChI is InChI=1S/C28H32FNO2/c1-2-3-4-19-5-8-22-16-23(10-9-21(22)15-19)26-14-11-24(17-27(26)29)28(31)32-25-12-6-20(18-30)7-13-25/h6-7,11-14,17,19,21-23H,2-5,8-10,15-16H2,1H3. The molecule has 2 aromatic carbocycles. The number of halogens is 1. The Kier molecular flexibility index (Phi) is 7.25. The zero-order valence-electron chi connectivity index (χ0n) is 18.9. The van der Waals surface area contributed by atoms with Crippen LogP contribution in [0.3, 0.4) is 0 Å². The molecule has 0 spiro atoms. The van der Waals surface area contributed by atoms with Gasteiger partial charge >= 0.3 is 5.97 Å². The monoisotopic (exact) mass is 433 g/mol. The van der Waals surface area contributed by atoms with Gasteiger partial charge in [0.2, 0.25) is 0 Å². The zero-order valence-corrected chi connectivity index (χ0v) is 18.9. The number of unbranched alkanes of at least 4 members (excludes halogenated alkanes) is 1. The molecule has 0 heterocycles. The van der Waals surface area contributed by atoms with Crippen molar-refractivity contribution in [2.45, 2.75) is 70.6 Å². The number of hydrogen-bond donors (Lipinski definition) is 0. The van der Waals surface area contributed by atoms with Crippen molar-refractivity contribution in [3.8, 4) is 11.8 Å². The van der Waals surface area contributed by atoms with Crippen molar-refractivity contribution in [3.05, 3.63) is 65.0 Å². The predicted octanol–water partition coefficient (Wildman–Crippen LogP) is 7.41. The maximum Gasteiger partial charge on any atom is 0.343 e. The molecular weight excluding hydrogens is 401 g/mol. The highest BCUT2D eigenvalue weighted by Gasteiger charge is 2.36. The average Bonchev–Trinajstić information content (AvgIpc) is 2.82. The summed E-state index contributed by atoms with van der Waals surface area (Å²) in [5.41, 5.74) is 1.44. The highest BCUT2D eigenvalue weighted by atomic mass is 19.1. The molecule has 4 unspecified atom stereocenters. The van der Waals surface area contributed by atoms with Crippen molar-refractivity contribution < 1.29 is 13.9 Å². The first-order valence-corrected chi connectivity index (χ1v) is 12.1. The van der Waals surface area contributed by atoms with Crippen molar-refractivity contribution in [2.75, 3.05) is 0 Å². The van der Waals surface area contributed by atoms with Crippen LogP contribution in [0.4, 0.5) is 4.39 Å². The van der Waals surface area contributed by atoms with Gasteiger partial charge in [-0.25, -0.2) is 9.18 Å². The Morgan fingerprint density at radius 2 is 1.81 bits per heavy atom. The van der Waals surface area contributed by atoms with Gasteiger partial charge in [0.15, 0.2) is 0 Å². The van der Waals surface area contributed by atoms with E-state index in [1.807, 2.05) is 6.07 Å². The summed E-state index contributed by atoms with van der Waals surface area (Å²) in [7, 11) is 0. The number of ether oxygens (including phenoxy) is 1. The minimum Gasteiger partial charge on any atom is -0.423 e. The van der Waals surface area contributed by atoms with Crippen LogP contribution in [0, 0.1) is 34.9 Å². The third kappa shape index (κ3) is 5.21. The number of nitrogens with zero attached hydrogens (tertiary/aromatic N) is 1. The first-order valence-electron chi connectivity index (χ1n) is 12.1. The smallest absolute Gasteiger partial charge is 0.343 e. The number of nitriles is 1. The summed E-state index contributed by atoms with van der Waals surface area (Å²) >= 11 is 0. The van der Waals surface area contributed by atoms with Gasteiger partial charge in [0.1, 0.15) is 11.6 Å². The average molecular weight is 434 g/mol. The molecule has 0 radical (unpaired) electrons. The first-order chi connectivity index (χ1) is 15.6. The van der Waals surface area contributed by atoms with Gasteiger partial charge in [0, 0.05) is 0 Å². The molecule has 2 aromatic rings. The summed E-state index contributed by atoms with van der Waals surface area (Å²) in [5, 5.41) is 8.86. The van der Waals surface area contributed by atoms with E-state index in [-0.39, 0.29) is 17.3 Å². The minimum absolute atomic E-state index is 0.209. The maximum atomic E-state index is 15.0. The zero-order chi connectivity index (χ0) is 22.5. The quantitative estimate of drug-likeness (QED) is 0.352. The van der Waals surface area contributed by atoms with Gasteiger partial charge in [-0.2, -0.15) is 5.26 Å². The molecule has 168 valence electrons. The van der Waals surface area contributed by atoms with E-state index in [2.05, 4.69) is 6.92 Å². The molecule has 0 saturated heterocycles. The predicted molar refractivity (Wildman–Crippen MR) is 123 cm³/mol. The molecule has 0 aromatic heterocycles. The Balaban J connectivity index is 1.37. The second-order valence-electron chi connectivity index (χ2n) is 9.61. The second kappa shape index (κ2) is 10.3. The number of hydrogen-bond acceptors (Lipinski definition) is 3. The van der Waals surface area contributed by atoms with Crippen LogP contribution in [0.1, 0.15) is 92.1 Å². The van der Waals surface area contributed by atoms with E-state index in [1.54, 1.807) is 36.4 Å². The Morgan fingerprint density at radius 3 is 2.53 bits per heavy atom. The van der Waals surface area contributed by atoms with E-state index < -0.39 is 5.97 Å². The van der Waals surface area contributed by atoms with Gasteiger partial charge in [-0.05, 0) is 97.7 Å². The lowest BCUT2D eigenvalue weighted by molar-refractivity contribution is 0.0734. The highest BCUT2D eigenvalue weighted by Crippen LogP contribution is 2.48. The van der Waals surface area contributed by atoms with Crippen LogP contribution in [-0.4, -0.2) is 5.97 Å². The summed E-state index contributed by atoms with van der Waals surface area (Å²) in [4.78, 5) is 12.4. The topological polar surface area (TPSA) is 50.1 Å². The fourth-order valence-electron chi connectivity index (χ4n) is 5.77. The fourth-order valence-corrected chi connectivity index (χ4v) is 5.77. The van der Waals surface area contributed by atoms with Gasteiger partial charge < -0.3 is 4.74 Å². The first kappa shape index (κ1) is 22.5. The highest BCUT2D eigenvalue weighted by molar-refractivity contribution is 5.91. The van der Waals surface area contributed by atoms with E-state index in [4.69, 9.17) is 10.00 Å². The minimum atomic E-state index is -0.589. The number of rotatable bonds is 6. The lowest BCUT2D eigenvalue weighted by atomic mass is 9.63. The van der Waals surface area contributed by atoms with Crippen LogP contribution < -0.4 is 4.74 Å². The third-order valence-corrected chi connectivity index (χ3v) is 7.56. The van der Waals surface area contributed by atoms with Gasteiger partial charge in [0.05, 0.1) is 17.2 Å². The Bertz CT molecular complexity index is 978. The molecule has 2 aliphatic rings. The van der Waals surface area contributed by atoms with Crippen LogP contribution in [0.15, 0.2) is 42.5 Å². The van der Waals surface area contributed by atoms with Gasteiger partial charge in [-0.15, -0.1) is 0 Å². The number of esters is 1. The molecule has 0 aliphatic heterocycles. The summed E-state index contributed by atoms with van der Waals surface area (Å²) in [6.45, 7) is 2.27. The van der Waals surface area contributed by atoms with Crippen LogP contribution in [0.2, 0.25) is 0 Å². The molecule has 4 rings (SSSR count). The molecule has 4 heteroatoms. The van der Waals surface area contributed by atoms with E-state index in [0.717, 1.165) is 30.2 Å². The van der Waals surface area contributed by atoms with Gasteiger partial charge in [0.25, 0.3) is 0 Å². The molecule has 2 fully saturated rings. The normalized spacial score (nSPS) is 24.9. The van der Waals surface area contributed by atoms with E-state index in [1.165, 1.54) is 51.0 Å². The molecule has 2 saturated carbocycles. The van der Waals surface area contributed by atoms with Gasteiger partial charge in [-0.1, -0.05) is 38.7 Å². The van der Waals surface area contributed by atoms with Crippen LogP contribution in [0.5, 0.6) is 5.75 Å². The third-order valence-electron chi connectivity index (χ3n) is 7.56. The van der Waals surface area contributed by atoms with Crippen molar-refractivity contribution in [3.63, 3.8) is 0 Å².